The maximum Gasteiger partial charge on any atom is 0.132 e. The normalized spacial score (nSPS) is 29.1. The molecule has 0 aliphatic heterocycles. The standard InChI is InChI=1S/C14H21ClN2/c1-9-4-10(2)6-12(5-9)17-13-7-11(3)14(15)16-8-13/h7-10,12,17H,4-6H2,1-3H3. The zero-order chi connectivity index (χ0) is 12.4. The quantitative estimate of drug-likeness (QED) is 0.795. The van der Waals surface area contributed by atoms with E-state index < -0.39 is 0 Å². The number of halogens is 1. The number of hydrogen-bond acceptors (Lipinski definition) is 2. The number of nitrogens with one attached hydrogen (secondary N) is 1. The molecule has 2 atom stereocenters. The molecule has 0 radical (unpaired) electrons. The fraction of sp³-hybridized carbons (Fsp3) is 0.643. The summed E-state index contributed by atoms with van der Waals surface area (Å²) < 4.78 is 0. The Morgan fingerprint density at radius 3 is 2.47 bits per heavy atom. The molecule has 2 nitrogen and oxygen atoms in total. The molecule has 3 heteroatoms. The average Bonchev–Trinajstić information content (AvgIpc) is 2.22. The van der Waals surface area contributed by atoms with E-state index in [2.05, 4.69) is 30.2 Å². The van der Waals surface area contributed by atoms with Crippen LogP contribution in [0.3, 0.4) is 0 Å². The van der Waals surface area contributed by atoms with Gasteiger partial charge in [-0.3, -0.25) is 0 Å². The lowest BCUT2D eigenvalue weighted by atomic mass is 9.80. The topological polar surface area (TPSA) is 24.9 Å². The van der Waals surface area contributed by atoms with Crippen molar-refractivity contribution in [2.24, 2.45) is 11.8 Å². The van der Waals surface area contributed by atoms with Crippen LogP contribution >= 0.6 is 11.6 Å². The van der Waals surface area contributed by atoms with E-state index in [-0.39, 0.29) is 0 Å². The molecule has 0 saturated heterocycles. The smallest absolute Gasteiger partial charge is 0.132 e. The van der Waals surface area contributed by atoms with E-state index in [1.54, 1.807) is 0 Å². The van der Waals surface area contributed by atoms with Crippen LogP contribution < -0.4 is 5.32 Å². The van der Waals surface area contributed by atoms with Crippen molar-refractivity contribution in [1.29, 1.82) is 0 Å². The van der Waals surface area contributed by atoms with Gasteiger partial charge in [-0.25, -0.2) is 4.98 Å². The van der Waals surface area contributed by atoms with Crippen molar-refractivity contribution < 1.29 is 0 Å². The number of anilines is 1. The zero-order valence-corrected chi connectivity index (χ0v) is 11.6. The molecule has 1 aromatic rings. The summed E-state index contributed by atoms with van der Waals surface area (Å²) in [6.45, 7) is 6.68. The van der Waals surface area contributed by atoms with Gasteiger partial charge in [-0.15, -0.1) is 0 Å². The molecule has 2 unspecified atom stereocenters. The molecule has 1 aliphatic carbocycles. The van der Waals surface area contributed by atoms with E-state index in [0.717, 1.165) is 23.1 Å². The number of nitrogens with zero attached hydrogens (tertiary/aromatic N) is 1. The van der Waals surface area contributed by atoms with E-state index in [1.165, 1.54) is 19.3 Å². The molecule has 94 valence electrons. The highest BCUT2D eigenvalue weighted by Crippen LogP contribution is 2.30. The number of hydrogen-bond donors (Lipinski definition) is 1. The van der Waals surface area contributed by atoms with E-state index in [0.29, 0.717) is 11.2 Å². The molecule has 0 spiro atoms. The Kier molecular flexibility index (Phi) is 3.93. The van der Waals surface area contributed by atoms with Crippen LogP contribution in [-0.2, 0) is 0 Å². The van der Waals surface area contributed by atoms with E-state index in [1.807, 2.05) is 13.1 Å². The number of aromatic nitrogens is 1. The molecule has 1 saturated carbocycles. The van der Waals surface area contributed by atoms with Gasteiger partial charge in [0.2, 0.25) is 0 Å². The van der Waals surface area contributed by atoms with Gasteiger partial charge in [0.1, 0.15) is 5.15 Å². The molecule has 1 heterocycles. The van der Waals surface area contributed by atoms with Crippen molar-refractivity contribution in [3.8, 4) is 0 Å². The van der Waals surface area contributed by atoms with Crippen molar-refractivity contribution >= 4 is 17.3 Å². The second-order valence-corrected chi connectivity index (χ2v) is 5.95. The van der Waals surface area contributed by atoms with Crippen molar-refractivity contribution in [3.05, 3.63) is 23.0 Å². The minimum Gasteiger partial charge on any atom is -0.381 e. The van der Waals surface area contributed by atoms with Gasteiger partial charge in [-0.05, 0) is 49.7 Å². The SMILES string of the molecule is Cc1cc(NC2CC(C)CC(C)C2)cnc1Cl. The van der Waals surface area contributed by atoms with Gasteiger partial charge in [-0.2, -0.15) is 0 Å². The summed E-state index contributed by atoms with van der Waals surface area (Å²) >= 11 is 5.93. The third kappa shape index (κ3) is 3.35. The molecule has 0 amide bonds. The molecule has 1 N–H and O–H groups in total. The van der Waals surface area contributed by atoms with Gasteiger partial charge in [0.05, 0.1) is 11.9 Å². The van der Waals surface area contributed by atoms with Crippen LogP contribution in [0, 0.1) is 18.8 Å². The van der Waals surface area contributed by atoms with Crippen LogP contribution in [0.2, 0.25) is 5.15 Å². The van der Waals surface area contributed by atoms with Gasteiger partial charge in [0.25, 0.3) is 0 Å². The third-order valence-corrected chi connectivity index (χ3v) is 3.96. The van der Waals surface area contributed by atoms with Crippen LogP contribution in [0.15, 0.2) is 12.3 Å². The summed E-state index contributed by atoms with van der Waals surface area (Å²) in [5.41, 5.74) is 2.13. The fourth-order valence-corrected chi connectivity index (χ4v) is 3.04. The molecule has 1 fully saturated rings. The largest absolute Gasteiger partial charge is 0.381 e. The highest BCUT2D eigenvalue weighted by atomic mass is 35.5. The van der Waals surface area contributed by atoms with Crippen LogP contribution in [-0.4, -0.2) is 11.0 Å². The summed E-state index contributed by atoms with van der Waals surface area (Å²) in [5, 5.41) is 4.19. The predicted molar refractivity (Wildman–Crippen MR) is 73.6 cm³/mol. The molecular formula is C14H21ClN2. The van der Waals surface area contributed by atoms with Crippen LogP contribution in [0.4, 0.5) is 5.69 Å². The average molecular weight is 253 g/mol. The Morgan fingerprint density at radius 1 is 1.24 bits per heavy atom. The first-order valence-corrected chi connectivity index (χ1v) is 6.81. The van der Waals surface area contributed by atoms with Gasteiger partial charge >= 0.3 is 0 Å². The lowest BCUT2D eigenvalue weighted by molar-refractivity contribution is 0.281. The predicted octanol–water partition coefficient (Wildman–Crippen LogP) is 4.28. The molecule has 2 rings (SSSR count). The van der Waals surface area contributed by atoms with Gasteiger partial charge in [0, 0.05) is 6.04 Å². The van der Waals surface area contributed by atoms with E-state index in [4.69, 9.17) is 11.6 Å². The third-order valence-electron chi connectivity index (χ3n) is 3.56. The second-order valence-electron chi connectivity index (χ2n) is 5.59. The summed E-state index contributed by atoms with van der Waals surface area (Å²) in [4.78, 5) is 4.19. The first-order chi connectivity index (χ1) is 8.04. The van der Waals surface area contributed by atoms with Crippen molar-refractivity contribution in [2.75, 3.05) is 5.32 Å². The molecule has 0 aromatic carbocycles. The van der Waals surface area contributed by atoms with Crippen LogP contribution in [0.5, 0.6) is 0 Å². The monoisotopic (exact) mass is 252 g/mol. The molecule has 17 heavy (non-hydrogen) atoms. The number of aryl methyl sites for hydroxylation is 1. The Morgan fingerprint density at radius 2 is 1.88 bits per heavy atom. The molecule has 1 aromatic heterocycles. The van der Waals surface area contributed by atoms with Crippen molar-refractivity contribution in [1.82, 2.24) is 4.98 Å². The second kappa shape index (κ2) is 5.26. The zero-order valence-electron chi connectivity index (χ0n) is 10.8. The highest BCUT2D eigenvalue weighted by Gasteiger charge is 2.23. The summed E-state index contributed by atoms with van der Waals surface area (Å²) in [5.74, 6) is 1.63. The summed E-state index contributed by atoms with van der Waals surface area (Å²) in [6.07, 6.45) is 5.70. The van der Waals surface area contributed by atoms with Crippen LogP contribution in [0.1, 0.15) is 38.7 Å². The Labute approximate surface area is 109 Å². The van der Waals surface area contributed by atoms with Crippen molar-refractivity contribution in [2.45, 2.75) is 46.1 Å². The lowest BCUT2D eigenvalue weighted by Gasteiger charge is -2.32. The Hall–Kier alpha value is -0.760. The number of pyridine rings is 1. The maximum absolute atomic E-state index is 5.93. The van der Waals surface area contributed by atoms with Gasteiger partial charge in [-0.1, -0.05) is 25.4 Å². The van der Waals surface area contributed by atoms with Crippen molar-refractivity contribution in [3.63, 3.8) is 0 Å². The van der Waals surface area contributed by atoms with Gasteiger partial charge < -0.3 is 5.32 Å². The molecular weight excluding hydrogens is 232 g/mol. The first-order valence-electron chi connectivity index (χ1n) is 6.43. The first kappa shape index (κ1) is 12.7. The molecule has 0 bridgehead atoms. The Bertz CT molecular complexity index is 382. The Balaban J connectivity index is 2.02. The summed E-state index contributed by atoms with van der Waals surface area (Å²) in [6, 6.07) is 2.66. The van der Waals surface area contributed by atoms with Crippen LogP contribution in [0.25, 0.3) is 0 Å². The lowest BCUT2D eigenvalue weighted by Crippen LogP contribution is -2.30. The minimum atomic E-state index is 0.580. The highest BCUT2D eigenvalue weighted by molar-refractivity contribution is 6.30. The minimum absolute atomic E-state index is 0.580. The molecule has 1 aliphatic rings. The van der Waals surface area contributed by atoms with Gasteiger partial charge in [0.15, 0.2) is 0 Å². The fourth-order valence-electron chi connectivity index (χ4n) is 2.94. The van der Waals surface area contributed by atoms with E-state index >= 15 is 0 Å². The number of rotatable bonds is 2. The summed E-state index contributed by atoms with van der Waals surface area (Å²) in [7, 11) is 0. The maximum atomic E-state index is 5.93. The van der Waals surface area contributed by atoms with E-state index in [9.17, 15) is 0 Å².